The molecule has 0 bridgehead atoms. The van der Waals surface area contributed by atoms with Crippen LogP contribution in [-0.2, 0) is 0 Å². The summed E-state index contributed by atoms with van der Waals surface area (Å²) in [7, 11) is 0. The first kappa shape index (κ1) is 13.0. The first-order valence-electron chi connectivity index (χ1n) is 7.11. The average Bonchev–Trinajstić information content (AvgIpc) is 2.99. The zero-order valence-electron chi connectivity index (χ0n) is 12.2. The number of nitrogens with zero attached hydrogens (tertiary/aromatic N) is 1. The van der Waals surface area contributed by atoms with Crippen LogP contribution in [0.2, 0.25) is 0 Å². The third kappa shape index (κ3) is 1.42. The molecule has 0 spiro atoms. The Labute approximate surface area is 122 Å². The van der Waals surface area contributed by atoms with Crippen molar-refractivity contribution in [2.45, 2.75) is 39.1 Å². The van der Waals surface area contributed by atoms with Crippen LogP contribution in [0.25, 0.3) is 12.2 Å². The lowest BCUT2D eigenvalue weighted by atomic mass is 9.89. The molecule has 1 aromatic rings. The summed E-state index contributed by atoms with van der Waals surface area (Å²) in [6.45, 7) is 5.53. The maximum atomic E-state index is 10.5. The molecule has 0 saturated carbocycles. The van der Waals surface area contributed by atoms with E-state index >= 15 is 0 Å². The van der Waals surface area contributed by atoms with Crippen molar-refractivity contribution in [1.29, 1.82) is 0 Å². The highest BCUT2D eigenvalue weighted by atomic mass is 16.3. The number of fused-ring (bicyclic) bond motifs is 6. The summed E-state index contributed by atoms with van der Waals surface area (Å²) >= 11 is 0. The van der Waals surface area contributed by atoms with Gasteiger partial charge in [0.25, 0.3) is 0 Å². The summed E-state index contributed by atoms with van der Waals surface area (Å²) in [6, 6.07) is 0. The van der Waals surface area contributed by atoms with E-state index in [1.54, 1.807) is 6.92 Å². The second-order valence-electron chi connectivity index (χ2n) is 6.15. The smallest absolute Gasteiger partial charge is 0.119 e. The average molecular weight is 283 g/mol. The second-order valence-corrected chi connectivity index (χ2v) is 6.15. The number of benzene rings is 1. The van der Waals surface area contributed by atoms with E-state index in [1.165, 1.54) is 0 Å². The van der Waals surface area contributed by atoms with Crippen molar-refractivity contribution < 1.29 is 15.3 Å². The van der Waals surface area contributed by atoms with Gasteiger partial charge in [0.15, 0.2) is 0 Å². The van der Waals surface area contributed by atoms with Crippen LogP contribution in [0.4, 0.5) is 5.69 Å². The number of hydrogen-bond acceptors (Lipinski definition) is 4. The van der Waals surface area contributed by atoms with Crippen LogP contribution in [0.3, 0.4) is 0 Å². The van der Waals surface area contributed by atoms with E-state index in [1.807, 2.05) is 26.0 Å². The minimum Gasteiger partial charge on any atom is -0.384 e. The van der Waals surface area contributed by atoms with Gasteiger partial charge in [0.2, 0.25) is 0 Å². The van der Waals surface area contributed by atoms with Crippen molar-refractivity contribution >= 4 is 23.6 Å². The second kappa shape index (κ2) is 3.91. The SMILES string of the molecule is CC1=Cc2c(c3c(c4c2C(O)C(C)=N4)C(O)C(C)=C3)C1O. The molecular weight excluding hydrogens is 266 g/mol. The largest absolute Gasteiger partial charge is 0.384 e. The van der Waals surface area contributed by atoms with Crippen LogP contribution >= 0.6 is 0 Å². The lowest BCUT2D eigenvalue weighted by molar-refractivity contribution is 0.214. The standard InChI is InChI=1S/C17H17NO3/c1-6-4-10-11(15(6)19)9-5-7(2)16(20)12(9)14-13(10)17(21)8(3)18-14/h4-5,15-17,19-21H,1-3H3. The first-order valence-corrected chi connectivity index (χ1v) is 7.11. The van der Waals surface area contributed by atoms with Gasteiger partial charge in [-0.1, -0.05) is 12.2 Å². The molecule has 0 saturated heterocycles. The Morgan fingerprint density at radius 3 is 1.81 bits per heavy atom. The number of hydrogen-bond donors (Lipinski definition) is 3. The lowest BCUT2D eigenvalue weighted by Gasteiger charge is -2.19. The maximum Gasteiger partial charge on any atom is 0.119 e. The summed E-state index contributed by atoms with van der Waals surface area (Å²) in [4.78, 5) is 4.48. The Balaban J connectivity index is 2.13. The topological polar surface area (TPSA) is 73.1 Å². The summed E-state index contributed by atoms with van der Waals surface area (Å²) in [5.74, 6) is 0. The zero-order chi connectivity index (χ0) is 15.0. The van der Waals surface area contributed by atoms with Crippen LogP contribution in [0, 0.1) is 0 Å². The zero-order valence-corrected chi connectivity index (χ0v) is 12.2. The van der Waals surface area contributed by atoms with Gasteiger partial charge in [-0.3, -0.25) is 4.99 Å². The molecule has 108 valence electrons. The maximum absolute atomic E-state index is 10.5. The van der Waals surface area contributed by atoms with Crippen LogP contribution in [-0.4, -0.2) is 21.0 Å². The molecule has 3 atom stereocenters. The first-order chi connectivity index (χ1) is 9.91. The highest BCUT2D eigenvalue weighted by Crippen LogP contribution is 2.54. The van der Waals surface area contributed by atoms with Gasteiger partial charge in [-0.15, -0.1) is 0 Å². The summed E-state index contributed by atoms with van der Waals surface area (Å²) in [5.41, 5.74) is 6.95. The third-order valence-electron chi connectivity index (χ3n) is 4.78. The highest BCUT2D eigenvalue weighted by molar-refractivity contribution is 6.00. The fourth-order valence-corrected chi connectivity index (χ4v) is 3.63. The van der Waals surface area contributed by atoms with E-state index < -0.39 is 18.3 Å². The molecule has 1 aromatic carbocycles. The van der Waals surface area contributed by atoms with Crippen LogP contribution in [0.5, 0.6) is 0 Å². The quantitative estimate of drug-likeness (QED) is 0.685. The van der Waals surface area contributed by atoms with Crippen molar-refractivity contribution in [2.75, 3.05) is 0 Å². The molecule has 1 heterocycles. The Hall–Kier alpha value is -1.75. The highest BCUT2D eigenvalue weighted by Gasteiger charge is 2.39. The van der Waals surface area contributed by atoms with E-state index in [0.717, 1.165) is 39.0 Å². The van der Waals surface area contributed by atoms with Crippen molar-refractivity contribution in [3.8, 4) is 0 Å². The van der Waals surface area contributed by atoms with E-state index in [9.17, 15) is 15.3 Å². The van der Waals surface area contributed by atoms with Crippen molar-refractivity contribution in [3.05, 3.63) is 39.0 Å². The van der Waals surface area contributed by atoms with Crippen molar-refractivity contribution in [3.63, 3.8) is 0 Å². The molecule has 2 aliphatic carbocycles. The number of aliphatic hydroxyl groups is 3. The monoisotopic (exact) mass is 283 g/mol. The molecule has 0 fully saturated rings. The van der Waals surface area contributed by atoms with Gasteiger partial charge in [-0.25, -0.2) is 0 Å². The van der Waals surface area contributed by atoms with Gasteiger partial charge in [0.05, 0.1) is 5.69 Å². The fraction of sp³-hybridized carbons (Fsp3) is 0.353. The Kier molecular flexibility index (Phi) is 2.41. The van der Waals surface area contributed by atoms with Crippen LogP contribution in [0.1, 0.15) is 66.9 Å². The van der Waals surface area contributed by atoms with Crippen LogP contribution < -0.4 is 0 Å². The van der Waals surface area contributed by atoms with E-state index in [-0.39, 0.29) is 0 Å². The van der Waals surface area contributed by atoms with E-state index in [2.05, 4.69) is 4.99 Å². The van der Waals surface area contributed by atoms with Gasteiger partial charge in [0, 0.05) is 22.4 Å². The number of rotatable bonds is 0. The molecule has 4 heteroatoms. The predicted molar refractivity (Wildman–Crippen MR) is 81.4 cm³/mol. The predicted octanol–water partition coefficient (Wildman–Crippen LogP) is 2.73. The molecule has 3 aliphatic rings. The van der Waals surface area contributed by atoms with Crippen molar-refractivity contribution in [1.82, 2.24) is 0 Å². The number of aliphatic imine (C=N–C) groups is 1. The minimum absolute atomic E-state index is 0.629. The summed E-state index contributed by atoms with van der Waals surface area (Å²) in [5, 5.41) is 31.4. The van der Waals surface area contributed by atoms with Crippen molar-refractivity contribution in [2.24, 2.45) is 4.99 Å². The molecule has 3 N–H and O–H groups in total. The normalized spacial score (nSPS) is 28.9. The Morgan fingerprint density at radius 2 is 1.24 bits per heavy atom. The Bertz CT molecular complexity index is 660. The van der Waals surface area contributed by atoms with Gasteiger partial charge in [-0.05, 0) is 43.0 Å². The fourth-order valence-electron chi connectivity index (χ4n) is 3.63. The van der Waals surface area contributed by atoms with Gasteiger partial charge >= 0.3 is 0 Å². The van der Waals surface area contributed by atoms with E-state index in [0.29, 0.717) is 11.4 Å². The molecule has 1 aliphatic heterocycles. The number of aliphatic hydroxyl groups excluding tert-OH is 3. The molecule has 4 nitrogen and oxygen atoms in total. The summed E-state index contributed by atoms with van der Waals surface area (Å²) < 4.78 is 0. The van der Waals surface area contributed by atoms with Gasteiger partial charge in [-0.2, -0.15) is 0 Å². The van der Waals surface area contributed by atoms with E-state index in [4.69, 9.17) is 0 Å². The minimum atomic E-state index is -0.762. The summed E-state index contributed by atoms with van der Waals surface area (Å²) in [6.07, 6.45) is 1.69. The third-order valence-corrected chi connectivity index (χ3v) is 4.78. The van der Waals surface area contributed by atoms with Gasteiger partial charge < -0.3 is 15.3 Å². The molecule has 0 amide bonds. The van der Waals surface area contributed by atoms with Gasteiger partial charge in [0.1, 0.15) is 18.3 Å². The van der Waals surface area contributed by atoms with Crippen LogP contribution in [0.15, 0.2) is 16.1 Å². The Morgan fingerprint density at radius 1 is 0.762 bits per heavy atom. The molecular formula is C17H17NO3. The lowest BCUT2D eigenvalue weighted by Crippen LogP contribution is -2.08. The molecule has 21 heavy (non-hydrogen) atoms. The molecule has 0 aromatic heterocycles. The molecule has 0 radical (unpaired) electrons. The molecule has 3 unspecified atom stereocenters. The molecule has 4 rings (SSSR count).